The quantitative estimate of drug-likeness (QED) is 0.578. The molecule has 3 rings (SSSR count). The van der Waals surface area contributed by atoms with Crippen LogP contribution in [0.1, 0.15) is 0 Å². The van der Waals surface area contributed by atoms with Crippen molar-refractivity contribution in [3.05, 3.63) is 41.7 Å². The van der Waals surface area contributed by atoms with Crippen LogP contribution in [0.25, 0.3) is 11.2 Å². The predicted molar refractivity (Wildman–Crippen MR) is 67.2 cm³/mol. The molecule has 0 spiro atoms. The highest BCUT2D eigenvalue weighted by molar-refractivity contribution is 7.99. The summed E-state index contributed by atoms with van der Waals surface area (Å²) in [5, 5.41) is 0.738. The molecule has 0 aliphatic heterocycles. The maximum Gasteiger partial charge on any atom is 0.225 e. The van der Waals surface area contributed by atoms with Crippen molar-refractivity contribution in [1.29, 1.82) is 0 Å². The summed E-state index contributed by atoms with van der Waals surface area (Å²) in [5.74, 6) is -0.291. The Morgan fingerprint density at radius 2 is 2.17 bits per heavy atom. The summed E-state index contributed by atoms with van der Waals surface area (Å²) < 4.78 is 13.1. The number of H-pyrrole nitrogens is 1. The van der Waals surface area contributed by atoms with Gasteiger partial charge in [0.25, 0.3) is 0 Å². The molecule has 0 fully saturated rings. The second-order valence-electron chi connectivity index (χ2n) is 3.46. The summed E-state index contributed by atoms with van der Waals surface area (Å²) in [7, 11) is 0. The zero-order valence-electron chi connectivity index (χ0n) is 8.89. The summed E-state index contributed by atoms with van der Waals surface area (Å²) in [5.41, 5.74) is 1.18. The smallest absolute Gasteiger partial charge is 0.225 e. The van der Waals surface area contributed by atoms with Gasteiger partial charge in [0.1, 0.15) is 16.4 Å². The van der Waals surface area contributed by atoms with Crippen molar-refractivity contribution < 1.29 is 4.39 Å². The molecular weight excluding hydrogens is 275 g/mol. The number of nitrogens with one attached hydrogen (secondary N) is 1. The molecule has 0 saturated heterocycles. The van der Waals surface area contributed by atoms with Crippen LogP contribution in [0.2, 0.25) is 5.28 Å². The molecule has 4 nitrogen and oxygen atoms in total. The van der Waals surface area contributed by atoms with Crippen molar-refractivity contribution in [2.24, 2.45) is 0 Å². The first-order chi connectivity index (χ1) is 8.72. The van der Waals surface area contributed by atoms with E-state index in [0.29, 0.717) is 16.2 Å². The largest absolute Gasteiger partial charge is 0.341 e. The van der Waals surface area contributed by atoms with E-state index in [4.69, 9.17) is 11.6 Å². The Bertz CT molecular complexity index is 715. The van der Waals surface area contributed by atoms with E-state index in [0.717, 1.165) is 4.90 Å². The molecule has 0 aliphatic rings. The van der Waals surface area contributed by atoms with Gasteiger partial charge in [0.15, 0.2) is 5.65 Å². The minimum Gasteiger partial charge on any atom is -0.341 e. The maximum atomic E-state index is 13.1. The van der Waals surface area contributed by atoms with E-state index in [-0.39, 0.29) is 11.1 Å². The SMILES string of the molecule is Fc1cccc(Sc2nc(Cl)nc3nc[nH]c23)c1. The number of nitrogens with zero attached hydrogens (tertiary/aromatic N) is 3. The van der Waals surface area contributed by atoms with Crippen molar-refractivity contribution in [2.45, 2.75) is 9.92 Å². The van der Waals surface area contributed by atoms with Crippen LogP contribution < -0.4 is 0 Å². The van der Waals surface area contributed by atoms with E-state index in [9.17, 15) is 4.39 Å². The highest BCUT2D eigenvalue weighted by atomic mass is 35.5. The molecule has 0 atom stereocenters. The van der Waals surface area contributed by atoms with Crippen LogP contribution in [-0.4, -0.2) is 19.9 Å². The number of hydrogen-bond donors (Lipinski definition) is 1. The summed E-state index contributed by atoms with van der Waals surface area (Å²) >= 11 is 7.12. The van der Waals surface area contributed by atoms with E-state index in [2.05, 4.69) is 19.9 Å². The number of hydrogen-bond acceptors (Lipinski definition) is 4. The van der Waals surface area contributed by atoms with Crippen LogP contribution in [0.3, 0.4) is 0 Å². The van der Waals surface area contributed by atoms with Crippen molar-refractivity contribution >= 4 is 34.5 Å². The van der Waals surface area contributed by atoms with E-state index in [1.54, 1.807) is 12.1 Å². The monoisotopic (exact) mass is 280 g/mol. The summed E-state index contributed by atoms with van der Waals surface area (Å²) in [6, 6.07) is 6.27. The van der Waals surface area contributed by atoms with Crippen LogP contribution in [-0.2, 0) is 0 Å². The Morgan fingerprint density at radius 1 is 1.28 bits per heavy atom. The lowest BCUT2D eigenvalue weighted by atomic mass is 10.4. The number of benzene rings is 1. The molecule has 18 heavy (non-hydrogen) atoms. The molecular formula is C11H6ClFN4S. The zero-order chi connectivity index (χ0) is 12.5. The Balaban J connectivity index is 2.06. The first-order valence-electron chi connectivity index (χ1n) is 5.02. The van der Waals surface area contributed by atoms with Crippen LogP contribution in [0.4, 0.5) is 4.39 Å². The van der Waals surface area contributed by atoms with Gasteiger partial charge in [0.2, 0.25) is 5.28 Å². The van der Waals surface area contributed by atoms with Gasteiger partial charge in [-0.1, -0.05) is 17.8 Å². The number of halogens is 2. The number of rotatable bonds is 2. The standard InChI is InChI=1S/C11H6ClFN4S/c12-11-16-9-8(14-5-15-9)10(17-11)18-7-3-1-2-6(13)4-7/h1-5H,(H,14,15,16,17). The van der Waals surface area contributed by atoms with Crippen LogP contribution in [0, 0.1) is 5.82 Å². The Labute approximate surface area is 111 Å². The number of aromatic nitrogens is 4. The third kappa shape index (κ3) is 2.16. The molecule has 1 aromatic carbocycles. The summed E-state index contributed by atoms with van der Waals surface area (Å²) in [4.78, 5) is 15.8. The van der Waals surface area contributed by atoms with Crippen molar-refractivity contribution in [1.82, 2.24) is 19.9 Å². The third-order valence-electron chi connectivity index (χ3n) is 2.24. The Hall–Kier alpha value is -1.66. The molecule has 0 radical (unpaired) electrons. The predicted octanol–water partition coefficient (Wildman–Crippen LogP) is 3.30. The van der Waals surface area contributed by atoms with Crippen LogP contribution in [0.15, 0.2) is 40.5 Å². The van der Waals surface area contributed by atoms with Gasteiger partial charge in [-0.3, -0.25) is 0 Å². The molecule has 2 aromatic heterocycles. The molecule has 1 N–H and O–H groups in total. The number of aromatic amines is 1. The maximum absolute atomic E-state index is 13.1. The molecule has 0 unspecified atom stereocenters. The second kappa shape index (κ2) is 4.55. The number of imidazole rings is 1. The highest BCUT2D eigenvalue weighted by Crippen LogP contribution is 2.31. The fraction of sp³-hybridized carbons (Fsp3) is 0. The van der Waals surface area contributed by atoms with E-state index in [1.165, 1.54) is 30.2 Å². The van der Waals surface area contributed by atoms with Crippen molar-refractivity contribution in [2.75, 3.05) is 0 Å². The van der Waals surface area contributed by atoms with Gasteiger partial charge in [-0.05, 0) is 29.8 Å². The average molecular weight is 281 g/mol. The van der Waals surface area contributed by atoms with Crippen LogP contribution >= 0.6 is 23.4 Å². The molecule has 0 bridgehead atoms. The van der Waals surface area contributed by atoms with Gasteiger partial charge in [-0.15, -0.1) is 0 Å². The Morgan fingerprint density at radius 3 is 3.00 bits per heavy atom. The normalized spacial score (nSPS) is 11.0. The van der Waals surface area contributed by atoms with Crippen LogP contribution in [0.5, 0.6) is 0 Å². The molecule has 90 valence electrons. The molecule has 0 aliphatic carbocycles. The fourth-order valence-corrected chi connectivity index (χ4v) is 2.64. The topological polar surface area (TPSA) is 54.5 Å². The van der Waals surface area contributed by atoms with Gasteiger partial charge in [0, 0.05) is 4.90 Å². The van der Waals surface area contributed by atoms with Crippen molar-refractivity contribution in [3.63, 3.8) is 0 Å². The third-order valence-corrected chi connectivity index (χ3v) is 3.38. The summed E-state index contributed by atoms with van der Waals surface area (Å²) in [6.07, 6.45) is 1.52. The minimum atomic E-state index is -0.291. The molecule has 2 heterocycles. The van der Waals surface area contributed by atoms with E-state index >= 15 is 0 Å². The molecule has 7 heteroatoms. The van der Waals surface area contributed by atoms with E-state index < -0.39 is 0 Å². The lowest BCUT2D eigenvalue weighted by molar-refractivity contribution is 0.624. The van der Waals surface area contributed by atoms with Gasteiger partial charge in [-0.25, -0.2) is 14.4 Å². The van der Waals surface area contributed by atoms with Gasteiger partial charge >= 0.3 is 0 Å². The lowest BCUT2D eigenvalue weighted by Gasteiger charge is -2.02. The first kappa shape index (κ1) is 11.4. The van der Waals surface area contributed by atoms with Crippen molar-refractivity contribution in [3.8, 4) is 0 Å². The van der Waals surface area contributed by atoms with Gasteiger partial charge in [-0.2, -0.15) is 4.98 Å². The molecule has 0 amide bonds. The number of fused-ring (bicyclic) bond motifs is 1. The fourth-order valence-electron chi connectivity index (χ4n) is 1.50. The minimum absolute atomic E-state index is 0.119. The van der Waals surface area contributed by atoms with E-state index in [1.807, 2.05) is 0 Å². The lowest BCUT2D eigenvalue weighted by Crippen LogP contribution is -1.89. The van der Waals surface area contributed by atoms with Gasteiger partial charge < -0.3 is 4.98 Å². The second-order valence-corrected chi connectivity index (χ2v) is 4.86. The highest BCUT2D eigenvalue weighted by Gasteiger charge is 2.10. The first-order valence-corrected chi connectivity index (χ1v) is 6.22. The zero-order valence-corrected chi connectivity index (χ0v) is 10.5. The molecule has 3 aromatic rings. The molecule has 0 saturated carbocycles. The van der Waals surface area contributed by atoms with Gasteiger partial charge in [0.05, 0.1) is 6.33 Å². The average Bonchev–Trinajstić information content (AvgIpc) is 2.77. The summed E-state index contributed by atoms with van der Waals surface area (Å²) in [6.45, 7) is 0. The Kier molecular flexibility index (Phi) is 2.89.